The molecule has 2 heterocycles. The maximum atomic E-state index is 6.28. The van der Waals surface area contributed by atoms with Crippen molar-refractivity contribution in [1.82, 2.24) is 4.90 Å². The zero-order valence-corrected chi connectivity index (χ0v) is 15.3. The summed E-state index contributed by atoms with van der Waals surface area (Å²) in [6.45, 7) is 13.8. The first-order valence-corrected chi connectivity index (χ1v) is 9.61. The van der Waals surface area contributed by atoms with Crippen molar-refractivity contribution in [2.45, 2.75) is 58.7 Å². The fourth-order valence-corrected chi connectivity index (χ4v) is 4.30. The molecule has 0 N–H and O–H groups in total. The van der Waals surface area contributed by atoms with Crippen LogP contribution in [-0.4, -0.2) is 56.7 Å². The zero-order valence-electron chi connectivity index (χ0n) is 15.3. The van der Waals surface area contributed by atoms with E-state index in [1.165, 1.54) is 19.3 Å². The molecule has 0 aromatic heterocycles. The standard InChI is InChI=1S/C19H35NO3/c1-4-18(2,3)17-5-7-19(8-6-17)22-14-16(15-23-19)13-20-9-11-21-12-10-20/h16-17H,4-15H2,1-3H3. The lowest BCUT2D eigenvalue weighted by molar-refractivity contribution is -0.301. The van der Waals surface area contributed by atoms with Crippen molar-refractivity contribution in [2.75, 3.05) is 46.1 Å². The van der Waals surface area contributed by atoms with Crippen molar-refractivity contribution in [1.29, 1.82) is 0 Å². The first kappa shape index (κ1) is 17.7. The van der Waals surface area contributed by atoms with Crippen molar-refractivity contribution in [3.63, 3.8) is 0 Å². The first-order valence-electron chi connectivity index (χ1n) is 9.61. The number of rotatable bonds is 4. The fourth-order valence-electron chi connectivity index (χ4n) is 4.30. The Bertz CT molecular complexity index is 361. The predicted octanol–water partition coefficient (Wildman–Crippen LogP) is 3.30. The van der Waals surface area contributed by atoms with E-state index in [9.17, 15) is 0 Å². The Morgan fingerprint density at radius 3 is 2.22 bits per heavy atom. The second-order valence-corrected chi connectivity index (χ2v) is 8.43. The van der Waals surface area contributed by atoms with Crippen LogP contribution in [0.1, 0.15) is 52.9 Å². The Balaban J connectivity index is 1.44. The molecular weight excluding hydrogens is 290 g/mol. The van der Waals surface area contributed by atoms with Gasteiger partial charge in [-0.05, 0) is 24.2 Å². The van der Waals surface area contributed by atoms with Crippen LogP contribution in [0.4, 0.5) is 0 Å². The van der Waals surface area contributed by atoms with Gasteiger partial charge in [0, 0.05) is 38.4 Å². The Labute approximate surface area is 141 Å². The largest absolute Gasteiger partial charge is 0.379 e. The molecule has 4 heteroatoms. The van der Waals surface area contributed by atoms with Gasteiger partial charge >= 0.3 is 0 Å². The van der Waals surface area contributed by atoms with E-state index < -0.39 is 0 Å². The Morgan fingerprint density at radius 1 is 1.04 bits per heavy atom. The summed E-state index contributed by atoms with van der Waals surface area (Å²) in [6.07, 6.45) is 5.90. The third-order valence-corrected chi connectivity index (χ3v) is 6.55. The van der Waals surface area contributed by atoms with Crippen LogP contribution in [0.5, 0.6) is 0 Å². The summed E-state index contributed by atoms with van der Waals surface area (Å²) in [4.78, 5) is 2.49. The lowest BCUT2D eigenvalue weighted by Crippen LogP contribution is -2.50. The maximum Gasteiger partial charge on any atom is 0.168 e. The topological polar surface area (TPSA) is 30.9 Å². The molecule has 1 spiro atoms. The Morgan fingerprint density at radius 2 is 1.65 bits per heavy atom. The van der Waals surface area contributed by atoms with Crippen molar-refractivity contribution in [2.24, 2.45) is 17.3 Å². The molecule has 0 aromatic rings. The molecule has 0 radical (unpaired) electrons. The molecule has 134 valence electrons. The number of nitrogens with zero attached hydrogens (tertiary/aromatic N) is 1. The van der Waals surface area contributed by atoms with E-state index in [-0.39, 0.29) is 5.79 Å². The van der Waals surface area contributed by atoms with Crippen LogP contribution in [0, 0.1) is 17.3 Å². The molecule has 0 atom stereocenters. The highest BCUT2D eigenvalue weighted by Crippen LogP contribution is 2.46. The van der Waals surface area contributed by atoms with Crippen molar-refractivity contribution in [3.8, 4) is 0 Å². The summed E-state index contributed by atoms with van der Waals surface area (Å²) in [5, 5.41) is 0. The Kier molecular flexibility index (Phi) is 5.67. The number of ether oxygens (including phenoxy) is 3. The summed E-state index contributed by atoms with van der Waals surface area (Å²) in [7, 11) is 0. The lowest BCUT2D eigenvalue weighted by atomic mass is 9.68. The average Bonchev–Trinajstić information content (AvgIpc) is 2.59. The number of hydrogen-bond donors (Lipinski definition) is 0. The van der Waals surface area contributed by atoms with Gasteiger partial charge in [0.2, 0.25) is 0 Å². The van der Waals surface area contributed by atoms with E-state index in [2.05, 4.69) is 25.7 Å². The van der Waals surface area contributed by atoms with E-state index in [4.69, 9.17) is 14.2 Å². The fraction of sp³-hybridized carbons (Fsp3) is 1.00. The molecule has 4 nitrogen and oxygen atoms in total. The molecule has 3 rings (SSSR count). The van der Waals surface area contributed by atoms with E-state index in [0.717, 1.165) is 64.8 Å². The number of morpholine rings is 1. The monoisotopic (exact) mass is 325 g/mol. The average molecular weight is 325 g/mol. The number of hydrogen-bond acceptors (Lipinski definition) is 4. The smallest absolute Gasteiger partial charge is 0.168 e. The molecule has 1 aliphatic carbocycles. The summed E-state index contributed by atoms with van der Waals surface area (Å²) < 4.78 is 18.0. The van der Waals surface area contributed by atoms with Gasteiger partial charge < -0.3 is 14.2 Å². The van der Waals surface area contributed by atoms with Crippen LogP contribution in [-0.2, 0) is 14.2 Å². The van der Waals surface area contributed by atoms with Crippen molar-refractivity contribution in [3.05, 3.63) is 0 Å². The van der Waals surface area contributed by atoms with Gasteiger partial charge in [0.15, 0.2) is 5.79 Å². The van der Waals surface area contributed by atoms with Gasteiger partial charge in [0.25, 0.3) is 0 Å². The lowest BCUT2D eigenvalue weighted by Gasteiger charge is -2.47. The molecule has 3 fully saturated rings. The maximum absolute atomic E-state index is 6.28. The zero-order chi connectivity index (χ0) is 16.3. The van der Waals surface area contributed by atoms with Gasteiger partial charge in [-0.15, -0.1) is 0 Å². The molecule has 23 heavy (non-hydrogen) atoms. The van der Waals surface area contributed by atoms with Crippen LogP contribution < -0.4 is 0 Å². The molecule has 0 amide bonds. The highest BCUT2D eigenvalue weighted by atomic mass is 16.7. The molecule has 0 unspecified atom stereocenters. The minimum atomic E-state index is -0.262. The van der Waals surface area contributed by atoms with Gasteiger partial charge in [0.1, 0.15) is 0 Å². The third kappa shape index (κ3) is 4.28. The molecule has 3 aliphatic rings. The van der Waals surface area contributed by atoms with Crippen molar-refractivity contribution < 1.29 is 14.2 Å². The van der Waals surface area contributed by atoms with E-state index in [1.54, 1.807) is 0 Å². The van der Waals surface area contributed by atoms with Crippen molar-refractivity contribution >= 4 is 0 Å². The molecule has 0 bridgehead atoms. The van der Waals surface area contributed by atoms with E-state index in [1.807, 2.05) is 0 Å². The minimum absolute atomic E-state index is 0.262. The van der Waals surface area contributed by atoms with Crippen LogP contribution in [0.25, 0.3) is 0 Å². The summed E-state index contributed by atoms with van der Waals surface area (Å²) >= 11 is 0. The van der Waals surface area contributed by atoms with Gasteiger partial charge in [-0.1, -0.05) is 27.2 Å². The molecule has 2 saturated heterocycles. The molecule has 0 aromatic carbocycles. The quantitative estimate of drug-likeness (QED) is 0.793. The Hall–Kier alpha value is -0.160. The van der Waals surface area contributed by atoms with Gasteiger partial charge in [0.05, 0.1) is 26.4 Å². The van der Waals surface area contributed by atoms with Crippen LogP contribution in [0.2, 0.25) is 0 Å². The second kappa shape index (κ2) is 7.38. The molecule has 2 aliphatic heterocycles. The normalized spacial score (nSPS) is 37.2. The van der Waals surface area contributed by atoms with E-state index >= 15 is 0 Å². The summed E-state index contributed by atoms with van der Waals surface area (Å²) in [5.41, 5.74) is 0.454. The third-order valence-electron chi connectivity index (χ3n) is 6.55. The SMILES string of the molecule is CCC(C)(C)C1CCC2(CC1)OCC(CN1CCOCC1)CO2. The first-order chi connectivity index (χ1) is 11.0. The van der Waals surface area contributed by atoms with Crippen LogP contribution >= 0.6 is 0 Å². The van der Waals surface area contributed by atoms with Gasteiger partial charge in [-0.3, -0.25) is 4.90 Å². The molecular formula is C19H35NO3. The summed E-state index contributed by atoms with van der Waals surface area (Å²) in [6, 6.07) is 0. The highest BCUT2D eigenvalue weighted by molar-refractivity contribution is 4.88. The van der Waals surface area contributed by atoms with Crippen LogP contribution in [0.15, 0.2) is 0 Å². The highest BCUT2D eigenvalue weighted by Gasteiger charge is 2.43. The summed E-state index contributed by atoms with van der Waals surface area (Å²) in [5.74, 6) is 1.07. The van der Waals surface area contributed by atoms with Gasteiger partial charge in [-0.25, -0.2) is 0 Å². The van der Waals surface area contributed by atoms with E-state index in [0.29, 0.717) is 11.3 Å². The molecule has 1 saturated carbocycles. The van der Waals surface area contributed by atoms with Gasteiger partial charge in [-0.2, -0.15) is 0 Å². The minimum Gasteiger partial charge on any atom is -0.379 e. The predicted molar refractivity (Wildman–Crippen MR) is 91.4 cm³/mol. The van der Waals surface area contributed by atoms with Crippen LogP contribution in [0.3, 0.4) is 0 Å². The second-order valence-electron chi connectivity index (χ2n) is 8.43.